The van der Waals surface area contributed by atoms with Crippen molar-refractivity contribution in [2.75, 3.05) is 37.6 Å². The van der Waals surface area contributed by atoms with E-state index in [9.17, 15) is 9.18 Å². The summed E-state index contributed by atoms with van der Waals surface area (Å²) in [4.78, 5) is 17.3. The van der Waals surface area contributed by atoms with Gasteiger partial charge < -0.3 is 4.90 Å². The molecule has 138 valence electrons. The number of benzene rings is 2. The van der Waals surface area contributed by atoms with Crippen LogP contribution in [0.4, 0.5) is 10.1 Å². The first kappa shape index (κ1) is 17.9. The van der Waals surface area contributed by atoms with Crippen molar-refractivity contribution < 1.29 is 4.39 Å². The molecule has 0 spiro atoms. The van der Waals surface area contributed by atoms with E-state index >= 15 is 0 Å². The molecule has 0 unspecified atom stereocenters. The molecule has 0 bridgehead atoms. The van der Waals surface area contributed by atoms with Crippen molar-refractivity contribution in [3.8, 4) is 0 Å². The van der Waals surface area contributed by atoms with E-state index in [0.29, 0.717) is 11.1 Å². The quantitative estimate of drug-likeness (QED) is 0.677. The van der Waals surface area contributed by atoms with E-state index in [1.165, 1.54) is 29.0 Å². The van der Waals surface area contributed by atoms with E-state index in [1.807, 2.05) is 23.6 Å². The molecular weight excluding hydrogens is 359 g/mol. The van der Waals surface area contributed by atoms with E-state index in [0.717, 1.165) is 37.4 Å². The lowest BCUT2D eigenvalue weighted by atomic mass is 10.2. The Morgan fingerprint density at radius 3 is 2.59 bits per heavy atom. The van der Waals surface area contributed by atoms with Crippen LogP contribution in [0.15, 0.2) is 64.8 Å². The average molecular weight is 380 g/mol. The smallest absolute Gasteiger partial charge is 0.211 e. The lowest BCUT2D eigenvalue weighted by Crippen LogP contribution is -2.47. The largest absolute Gasteiger partial charge is 0.365 e. The Labute approximate surface area is 162 Å². The van der Waals surface area contributed by atoms with Gasteiger partial charge in [-0.25, -0.2) is 4.39 Å². The highest BCUT2D eigenvalue weighted by atomic mass is 32.1. The average Bonchev–Trinajstić information content (AvgIpc) is 2.70. The zero-order valence-corrected chi connectivity index (χ0v) is 15.8. The Bertz CT molecular complexity index is 1010. The van der Waals surface area contributed by atoms with Gasteiger partial charge in [0.25, 0.3) is 0 Å². The number of halogens is 1. The molecule has 2 heterocycles. The van der Waals surface area contributed by atoms with Crippen LogP contribution in [0.25, 0.3) is 16.2 Å². The summed E-state index contributed by atoms with van der Waals surface area (Å²) in [7, 11) is 0. The second-order valence-electron chi connectivity index (χ2n) is 6.69. The Morgan fingerprint density at radius 2 is 1.81 bits per heavy atom. The van der Waals surface area contributed by atoms with E-state index in [2.05, 4.69) is 34.1 Å². The summed E-state index contributed by atoms with van der Waals surface area (Å²) in [5.41, 5.74) is 1.83. The molecule has 2 aromatic carbocycles. The molecule has 5 heteroatoms. The second kappa shape index (κ2) is 8.03. The highest BCUT2D eigenvalue weighted by molar-refractivity contribution is 7.16. The van der Waals surface area contributed by atoms with Crippen LogP contribution in [0.3, 0.4) is 0 Å². The Kier molecular flexibility index (Phi) is 5.32. The minimum absolute atomic E-state index is 0.0688. The highest BCUT2D eigenvalue weighted by Gasteiger charge is 2.19. The number of anilines is 1. The fourth-order valence-corrected chi connectivity index (χ4v) is 4.30. The van der Waals surface area contributed by atoms with Crippen LogP contribution in [-0.2, 0) is 0 Å². The lowest BCUT2D eigenvalue weighted by molar-refractivity contribution is 0.284. The van der Waals surface area contributed by atoms with Gasteiger partial charge in [-0.15, -0.1) is 11.3 Å². The first-order valence-electron chi connectivity index (χ1n) is 9.11. The number of hydrogen-bond acceptors (Lipinski definition) is 4. The molecule has 0 amide bonds. The molecule has 0 radical (unpaired) electrons. The van der Waals surface area contributed by atoms with E-state index < -0.39 is 0 Å². The Balaban J connectivity index is 1.41. The number of hydrogen-bond donors (Lipinski definition) is 0. The van der Waals surface area contributed by atoms with Crippen molar-refractivity contribution >= 4 is 33.2 Å². The predicted octanol–water partition coefficient (Wildman–Crippen LogP) is 4.24. The van der Waals surface area contributed by atoms with Crippen LogP contribution < -0.4 is 10.3 Å². The summed E-state index contributed by atoms with van der Waals surface area (Å²) in [6.07, 6.45) is 4.33. The highest BCUT2D eigenvalue weighted by Crippen LogP contribution is 2.23. The van der Waals surface area contributed by atoms with Crippen molar-refractivity contribution in [3.63, 3.8) is 0 Å². The monoisotopic (exact) mass is 380 g/mol. The lowest BCUT2D eigenvalue weighted by Gasteiger charge is -2.35. The minimum Gasteiger partial charge on any atom is -0.365 e. The zero-order valence-electron chi connectivity index (χ0n) is 15.0. The van der Waals surface area contributed by atoms with Gasteiger partial charge in [0, 0.05) is 48.2 Å². The topological polar surface area (TPSA) is 23.6 Å². The van der Waals surface area contributed by atoms with Crippen LogP contribution in [0, 0.1) is 5.82 Å². The standard InChI is InChI=1S/C22H21FN2OS/c23-18-8-9-21-19(15-18)22(26)20(16-27-21)25-13-11-24(12-14-25)10-4-7-17-5-2-1-3-6-17/h1-9,15-16H,10-14H2/b7-4+. The van der Waals surface area contributed by atoms with Crippen molar-refractivity contribution in [1.29, 1.82) is 0 Å². The van der Waals surface area contributed by atoms with Crippen LogP contribution in [0.1, 0.15) is 5.56 Å². The van der Waals surface area contributed by atoms with Crippen LogP contribution >= 0.6 is 11.3 Å². The van der Waals surface area contributed by atoms with E-state index in [-0.39, 0.29) is 11.2 Å². The third-order valence-corrected chi connectivity index (χ3v) is 5.85. The van der Waals surface area contributed by atoms with Crippen molar-refractivity contribution in [2.45, 2.75) is 0 Å². The maximum atomic E-state index is 13.5. The van der Waals surface area contributed by atoms with Crippen LogP contribution in [0.5, 0.6) is 0 Å². The predicted molar refractivity (Wildman–Crippen MR) is 112 cm³/mol. The van der Waals surface area contributed by atoms with Gasteiger partial charge in [0.15, 0.2) is 0 Å². The van der Waals surface area contributed by atoms with Crippen molar-refractivity contribution in [2.24, 2.45) is 0 Å². The third kappa shape index (κ3) is 4.10. The summed E-state index contributed by atoms with van der Waals surface area (Å²) in [5, 5.41) is 2.39. The number of fused-ring (bicyclic) bond motifs is 1. The summed E-state index contributed by atoms with van der Waals surface area (Å²) in [6, 6.07) is 14.7. The molecule has 0 saturated carbocycles. The Morgan fingerprint density at radius 1 is 1.04 bits per heavy atom. The van der Waals surface area contributed by atoms with Gasteiger partial charge in [0.1, 0.15) is 5.82 Å². The molecule has 1 fully saturated rings. The molecule has 1 aliphatic heterocycles. The van der Waals surface area contributed by atoms with Gasteiger partial charge in [-0.3, -0.25) is 9.69 Å². The molecule has 1 saturated heterocycles. The maximum absolute atomic E-state index is 13.5. The second-order valence-corrected chi connectivity index (χ2v) is 7.60. The molecule has 4 rings (SSSR count). The summed E-state index contributed by atoms with van der Waals surface area (Å²) >= 11 is 1.50. The number of rotatable bonds is 4. The molecular formula is C22H21FN2OS. The van der Waals surface area contributed by atoms with Gasteiger partial charge in [0.05, 0.1) is 5.69 Å². The first-order chi connectivity index (χ1) is 13.2. The molecule has 0 aliphatic carbocycles. The SMILES string of the molecule is O=c1c(N2CCN(C/C=C/c3ccccc3)CC2)csc2ccc(F)cc12. The van der Waals surface area contributed by atoms with Crippen molar-refractivity contribution in [3.05, 3.63) is 81.6 Å². The fourth-order valence-electron chi connectivity index (χ4n) is 3.38. The Hall–Kier alpha value is -2.50. The van der Waals surface area contributed by atoms with E-state index in [4.69, 9.17) is 0 Å². The molecule has 0 atom stereocenters. The molecule has 1 aliphatic rings. The third-order valence-electron chi connectivity index (χ3n) is 4.90. The normalized spacial score (nSPS) is 15.7. The molecule has 27 heavy (non-hydrogen) atoms. The maximum Gasteiger partial charge on any atom is 0.211 e. The summed E-state index contributed by atoms with van der Waals surface area (Å²) in [6.45, 7) is 4.33. The minimum atomic E-state index is -0.362. The first-order valence-corrected chi connectivity index (χ1v) is 9.98. The number of nitrogens with zero attached hydrogens (tertiary/aromatic N) is 2. The van der Waals surface area contributed by atoms with Gasteiger partial charge in [0.2, 0.25) is 5.43 Å². The van der Waals surface area contributed by atoms with Crippen LogP contribution in [0.2, 0.25) is 0 Å². The van der Waals surface area contributed by atoms with Crippen LogP contribution in [-0.4, -0.2) is 37.6 Å². The molecule has 1 aromatic heterocycles. The van der Waals surface area contributed by atoms with Gasteiger partial charge in [-0.1, -0.05) is 42.5 Å². The van der Waals surface area contributed by atoms with Gasteiger partial charge in [-0.05, 0) is 23.8 Å². The zero-order chi connectivity index (χ0) is 18.6. The van der Waals surface area contributed by atoms with Crippen molar-refractivity contribution in [1.82, 2.24) is 4.90 Å². The van der Waals surface area contributed by atoms with E-state index in [1.54, 1.807) is 6.07 Å². The van der Waals surface area contributed by atoms with Gasteiger partial charge >= 0.3 is 0 Å². The summed E-state index contributed by atoms with van der Waals surface area (Å²) < 4.78 is 14.4. The molecule has 0 N–H and O–H groups in total. The molecule has 3 aromatic rings. The fraction of sp³-hybridized carbons (Fsp3) is 0.227. The molecule has 3 nitrogen and oxygen atoms in total. The van der Waals surface area contributed by atoms with Gasteiger partial charge in [-0.2, -0.15) is 0 Å². The summed E-state index contributed by atoms with van der Waals surface area (Å²) in [5.74, 6) is -0.362. The number of piperazine rings is 1.